The van der Waals surface area contributed by atoms with Crippen LogP contribution in [0.15, 0.2) is 68.0 Å². The Kier molecular flexibility index (Phi) is 6.50. The summed E-state index contributed by atoms with van der Waals surface area (Å²) >= 11 is 0. The van der Waals surface area contributed by atoms with Crippen LogP contribution < -0.4 is 5.32 Å². The first kappa shape index (κ1) is 19.2. The van der Waals surface area contributed by atoms with Crippen molar-refractivity contribution in [3.63, 3.8) is 0 Å². The highest BCUT2D eigenvalue weighted by Crippen LogP contribution is 2.23. The number of rotatable bonds is 4. The van der Waals surface area contributed by atoms with Gasteiger partial charge in [0.25, 0.3) is 0 Å². The van der Waals surface area contributed by atoms with Crippen LogP contribution in [0.5, 0.6) is 0 Å². The van der Waals surface area contributed by atoms with Crippen LogP contribution in [0.25, 0.3) is 16.7 Å². The zero-order chi connectivity index (χ0) is 19.1. The molecule has 0 aliphatic heterocycles. The quantitative estimate of drug-likeness (QED) is 0.586. The van der Waals surface area contributed by atoms with Gasteiger partial charge in [0.1, 0.15) is 5.65 Å². The van der Waals surface area contributed by atoms with Crippen LogP contribution in [0.4, 0.5) is 11.6 Å². The standard InChI is InChI=1S/C18H20N4.C4H6/c1-5-13(3)22-10-9-15-11-19-18(21-17(15)22)20-16-8-6-7-12(2)14(16)4;1-3-4-2/h5-11H,1-4H3,(H,19,20,21);3-4H,1-2H2/b13-5+;. The summed E-state index contributed by atoms with van der Waals surface area (Å²) in [4.78, 5) is 9.09. The monoisotopic (exact) mass is 346 g/mol. The van der Waals surface area contributed by atoms with Crippen LogP contribution >= 0.6 is 0 Å². The van der Waals surface area contributed by atoms with Gasteiger partial charge in [-0.3, -0.25) is 0 Å². The van der Waals surface area contributed by atoms with Gasteiger partial charge in [-0.05, 0) is 51.0 Å². The maximum absolute atomic E-state index is 4.67. The fraction of sp³-hybridized carbons (Fsp3) is 0.182. The van der Waals surface area contributed by atoms with E-state index in [1.165, 1.54) is 11.1 Å². The van der Waals surface area contributed by atoms with E-state index in [0.29, 0.717) is 5.95 Å². The summed E-state index contributed by atoms with van der Waals surface area (Å²) in [5, 5.41) is 4.36. The molecule has 4 nitrogen and oxygen atoms in total. The minimum Gasteiger partial charge on any atom is -0.324 e. The Morgan fingerprint density at radius 2 is 1.88 bits per heavy atom. The van der Waals surface area contributed by atoms with Crippen molar-refractivity contribution in [2.24, 2.45) is 0 Å². The Labute approximate surface area is 155 Å². The Hall–Kier alpha value is -3.14. The molecule has 0 spiro atoms. The summed E-state index contributed by atoms with van der Waals surface area (Å²) in [6.45, 7) is 15.0. The molecule has 0 unspecified atom stereocenters. The number of fused-ring (bicyclic) bond motifs is 1. The second kappa shape index (κ2) is 8.81. The van der Waals surface area contributed by atoms with Gasteiger partial charge in [-0.25, -0.2) is 4.98 Å². The van der Waals surface area contributed by atoms with E-state index in [1.807, 2.05) is 37.5 Å². The maximum atomic E-state index is 4.67. The molecular weight excluding hydrogens is 320 g/mol. The maximum Gasteiger partial charge on any atom is 0.229 e. The second-order valence-electron chi connectivity index (χ2n) is 5.93. The molecule has 0 atom stereocenters. The number of aryl methyl sites for hydroxylation is 1. The second-order valence-corrected chi connectivity index (χ2v) is 5.93. The summed E-state index contributed by atoms with van der Waals surface area (Å²) in [6.07, 6.45) is 9.23. The van der Waals surface area contributed by atoms with Crippen molar-refractivity contribution in [3.8, 4) is 0 Å². The number of benzene rings is 1. The smallest absolute Gasteiger partial charge is 0.229 e. The number of allylic oxidation sites excluding steroid dienone is 4. The Bertz CT molecular complexity index is 942. The van der Waals surface area contributed by atoms with Crippen molar-refractivity contribution in [1.29, 1.82) is 0 Å². The highest BCUT2D eigenvalue weighted by molar-refractivity contribution is 5.80. The Morgan fingerprint density at radius 3 is 2.54 bits per heavy atom. The molecule has 134 valence electrons. The first-order valence-electron chi connectivity index (χ1n) is 8.55. The zero-order valence-corrected chi connectivity index (χ0v) is 16.0. The molecule has 0 aliphatic carbocycles. The predicted molar refractivity (Wildman–Crippen MR) is 113 cm³/mol. The van der Waals surface area contributed by atoms with Crippen molar-refractivity contribution in [2.75, 3.05) is 5.32 Å². The lowest BCUT2D eigenvalue weighted by Gasteiger charge is -2.10. The highest BCUT2D eigenvalue weighted by atomic mass is 15.1. The molecule has 2 aromatic heterocycles. The normalized spacial score (nSPS) is 10.8. The topological polar surface area (TPSA) is 42.7 Å². The molecule has 3 aromatic rings. The van der Waals surface area contributed by atoms with E-state index >= 15 is 0 Å². The first-order valence-corrected chi connectivity index (χ1v) is 8.55. The molecule has 1 N–H and O–H groups in total. The Balaban J connectivity index is 0.000000552. The lowest BCUT2D eigenvalue weighted by Crippen LogP contribution is -2.01. The number of nitrogens with zero attached hydrogens (tertiary/aromatic N) is 3. The average Bonchev–Trinajstić information content (AvgIpc) is 3.08. The highest BCUT2D eigenvalue weighted by Gasteiger charge is 2.08. The third kappa shape index (κ3) is 4.28. The molecule has 4 heteroatoms. The van der Waals surface area contributed by atoms with Crippen LogP contribution in [0, 0.1) is 13.8 Å². The predicted octanol–water partition coefficient (Wildman–Crippen LogP) is 6.03. The molecule has 0 amide bonds. The molecule has 0 saturated heterocycles. The van der Waals surface area contributed by atoms with Crippen molar-refractivity contribution >= 4 is 28.4 Å². The number of hydrogen-bond donors (Lipinski definition) is 1. The van der Waals surface area contributed by atoms with E-state index in [4.69, 9.17) is 0 Å². The largest absolute Gasteiger partial charge is 0.324 e. The van der Waals surface area contributed by atoms with Gasteiger partial charge in [-0.2, -0.15) is 4.98 Å². The van der Waals surface area contributed by atoms with Crippen LogP contribution in [0.1, 0.15) is 25.0 Å². The summed E-state index contributed by atoms with van der Waals surface area (Å²) in [7, 11) is 0. The molecule has 0 radical (unpaired) electrons. The molecule has 2 heterocycles. The van der Waals surface area contributed by atoms with E-state index in [2.05, 4.69) is 65.9 Å². The third-order valence-electron chi connectivity index (χ3n) is 4.24. The Morgan fingerprint density at radius 1 is 1.15 bits per heavy atom. The number of anilines is 2. The van der Waals surface area contributed by atoms with E-state index in [9.17, 15) is 0 Å². The van der Waals surface area contributed by atoms with Crippen molar-refractivity contribution in [1.82, 2.24) is 14.5 Å². The summed E-state index contributed by atoms with van der Waals surface area (Å²) in [6, 6.07) is 8.22. The van der Waals surface area contributed by atoms with Gasteiger partial charge in [0, 0.05) is 29.2 Å². The molecule has 1 aromatic carbocycles. The molecule has 3 rings (SSSR count). The minimum absolute atomic E-state index is 0.616. The molecule has 0 bridgehead atoms. The number of nitrogens with one attached hydrogen (secondary N) is 1. The molecular formula is C22H26N4. The van der Waals surface area contributed by atoms with E-state index in [-0.39, 0.29) is 0 Å². The summed E-state index contributed by atoms with van der Waals surface area (Å²) in [5.74, 6) is 0.616. The third-order valence-corrected chi connectivity index (χ3v) is 4.24. The van der Waals surface area contributed by atoms with Crippen molar-refractivity contribution in [2.45, 2.75) is 27.7 Å². The van der Waals surface area contributed by atoms with Crippen molar-refractivity contribution in [3.05, 3.63) is 79.2 Å². The van der Waals surface area contributed by atoms with Crippen LogP contribution in [-0.2, 0) is 0 Å². The van der Waals surface area contributed by atoms with E-state index in [1.54, 1.807) is 12.2 Å². The fourth-order valence-electron chi connectivity index (χ4n) is 2.41. The average molecular weight is 346 g/mol. The molecule has 0 saturated carbocycles. The van der Waals surface area contributed by atoms with Crippen molar-refractivity contribution < 1.29 is 0 Å². The fourth-order valence-corrected chi connectivity index (χ4v) is 2.41. The molecule has 26 heavy (non-hydrogen) atoms. The van der Waals surface area contributed by atoms with Crippen LogP contribution in [0.3, 0.4) is 0 Å². The number of hydrogen-bond acceptors (Lipinski definition) is 3. The van der Waals surface area contributed by atoms with Gasteiger partial charge < -0.3 is 9.88 Å². The first-order chi connectivity index (χ1) is 12.5. The van der Waals surface area contributed by atoms with Crippen LogP contribution in [0.2, 0.25) is 0 Å². The zero-order valence-electron chi connectivity index (χ0n) is 16.0. The molecule has 0 fully saturated rings. The SMILES string of the molecule is C/C=C(\C)n1ccc2cnc(Nc3cccc(C)c3C)nc21.C=CC=C. The summed E-state index contributed by atoms with van der Waals surface area (Å²) < 4.78 is 2.07. The van der Waals surface area contributed by atoms with Gasteiger partial charge >= 0.3 is 0 Å². The van der Waals surface area contributed by atoms with Gasteiger partial charge in [0.05, 0.1) is 0 Å². The molecule has 0 aliphatic rings. The summed E-state index contributed by atoms with van der Waals surface area (Å²) in [5.41, 5.74) is 5.57. The minimum atomic E-state index is 0.616. The van der Waals surface area contributed by atoms with Crippen LogP contribution in [-0.4, -0.2) is 14.5 Å². The number of aromatic nitrogens is 3. The van der Waals surface area contributed by atoms with E-state index in [0.717, 1.165) is 22.4 Å². The van der Waals surface area contributed by atoms with Gasteiger partial charge in [-0.15, -0.1) is 0 Å². The lowest BCUT2D eigenvalue weighted by molar-refractivity contribution is 1.09. The van der Waals surface area contributed by atoms with Gasteiger partial charge in [0.15, 0.2) is 0 Å². The van der Waals surface area contributed by atoms with E-state index < -0.39 is 0 Å². The lowest BCUT2D eigenvalue weighted by atomic mass is 10.1. The van der Waals surface area contributed by atoms with Gasteiger partial charge in [-0.1, -0.05) is 43.5 Å². The van der Waals surface area contributed by atoms with Gasteiger partial charge in [0.2, 0.25) is 5.95 Å².